The molecule has 1 aliphatic carbocycles. The molecule has 2 aromatic carbocycles. The van der Waals surface area contributed by atoms with Gasteiger partial charge < -0.3 is 10.1 Å². The molecule has 0 atom stereocenters. The Hall–Kier alpha value is -3.22. The zero-order valence-electron chi connectivity index (χ0n) is 14.8. The SMILES string of the molecule is O=[N+]([O-])c1c(NC2CCCCC2)ncnc1Oc1cccc2ccccc12. The molecule has 1 heterocycles. The Labute approximate surface area is 156 Å². The van der Waals surface area contributed by atoms with E-state index >= 15 is 0 Å². The zero-order valence-corrected chi connectivity index (χ0v) is 14.8. The molecule has 0 saturated heterocycles. The summed E-state index contributed by atoms with van der Waals surface area (Å²) in [6.45, 7) is 0. The summed E-state index contributed by atoms with van der Waals surface area (Å²) in [6, 6.07) is 13.5. The van der Waals surface area contributed by atoms with Gasteiger partial charge in [0.2, 0.25) is 5.82 Å². The third-order valence-corrected chi connectivity index (χ3v) is 4.87. The van der Waals surface area contributed by atoms with E-state index in [1.54, 1.807) is 6.07 Å². The first-order valence-corrected chi connectivity index (χ1v) is 9.14. The van der Waals surface area contributed by atoms with Crippen molar-refractivity contribution in [3.8, 4) is 11.6 Å². The van der Waals surface area contributed by atoms with Gasteiger partial charge in [-0.1, -0.05) is 55.7 Å². The van der Waals surface area contributed by atoms with Crippen molar-refractivity contribution in [2.24, 2.45) is 0 Å². The maximum Gasteiger partial charge on any atom is 0.373 e. The van der Waals surface area contributed by atoms with Crippen LogP contribution in [0.1, 0.15) is 32.1 Å². The Balaban J connectivity index is 1.69. The molecule has 27 heavy (non-hydrogen) atoms. The highest BCUT2D eigenvalue weighted by molar-refractivity contribution is 5.88. The maximum atomic E-state index is 11.7. The summed E-state index contributed by atoms with van der Waals surface area (Å²) in [5.41, 5.74) is -0.226. The number of ether oxygens (including phenoxy) is 1. The number of nitrogens with zero attached hydrogens (tertiary/aromatic N) is 3. The quantitative estimate of drug-likeness (QED) is 0.502. The van der Waals surface area contributed by atoms with Gasteiger partial charge in [0.25, 0.3) is 0 Å². The highest BCUT2D eigenvalue weighted by atomic mass is 16.6. The number of fused-ring (bicyclic) bond motifs is 1. The summed E-state index contributed by atoms with van der Waals surface area (Å²) in [5.74, 6) is 0.695. The minimum Gasteiger partial charge on any atom is -0.433 e. The number of hydrogen-bond donors (Lipinski definition) is 1. The fraction of sp³-hybridized carbons (Fsp3) is 0.300. The number of aromatic nitrogens is 2. The standard InChI is InChI=1S/C20H20N4O3/c25-24(26)18-19(23-15-9-2-1-3-10-15)21-13-22-20(18)27-17-12-6-8-14-7-4-5-11-16(14)17/h4-8,11-13,15H,1-3,9-10H2,(H,21,22,23). The molecule has 0 unspecified atom stereocenters. The van der Waals surface area contributed by atoms with Crippen LogP contribution in [0.15, 0.2) is 48.8 Å². The van der Waals surface area contributed by atoms with Crippen molar-refractivity contribution in [2.45, 2.75) is 38.1 Å². The summed E-state index contributed by atoms with van der Waals surface area (Å²) in [5, 5.41) is 16.8. The molecule has 0 bridgehead atoms. The minimum atomic E-state index is -0.481. The minimum absolute atomic E-state index is 0.0512. The molecule has 1 saturated carbocycles. The summed E-state index contributed by atoms with van der Waals surface area (Å²) in [4.78, 5) is 19.4. The van der Waals surface area contributed by atoms with E-state index in [0.29, 0.717) is 5.75 Å². The van der Waals surface area contributed by atoms with Crippen molar-refractivity contribution in [1.29, 1.82) is 0 Å². The summed E-state index contributed by atoms with van der Waals surface area (Å²) < 4.78 is 5.88. The van der Waals surface area contributed by atoms with Crippen LogP contribution in [-0.2, 0) is 0 Å². The lowest BCUT2D eigenvalue weighted by molar-refractivity contribution is -0.385. The van der Waals surface area contributed by atoms with Gasteiger partial charge in [-0.05, 0) is 24.3 Å². The van der Waals surface area contributed by atoms with Crippen molar-refractivity contribution in [3.05, 3.63) is 58.9 Å². The molecule has 138 valence electrons. The van der Waals surface area contributed by atoms with Gasteiger partial charge in [-0.25, -0.2) is 4.98 Å². The van der Waals surface area contributed by atoms with E-state index in [-0.39, 0.29) is 23.4 Å². The van der Waals surface area contributed by atoms with Gasteiger partial charge in [0.05, 0.1) is 4.92 Å². The van der Waals surface area contributed by atoms with Crippen LogP contribution >= 0.6 is 0 Å². The fourth-order valence-corrected chi connectivity index (χ4v) is 3.54. The predicted molar refractivity (Wildman–Crippen MR) is 103 cm³/mol. The van der Waals surface area contributed by atoms with Crippen LogP contribution in [0.3, 0.4) is 0 Å². The Morgan fingerprint density at radius 3 is 2.63 bits per heavy atom. The molecule has 7 heteroatoms. The monoisotopic (exact) mass is 364 g/mol. The van der Waals surface area contributed by atoms with Crippen molar-refractivity contribution in [1.82, 2.24) is 9.97 Å². The second kappa shape index (κ2) is 7.57. The second-order valence-corrected chi connectivity index (χ2v) is 6.69. The third-order valence-electron chi connectivity index (χ3n) is 4.87. The van der Waals surface area contributed by atoms with Crippen molar-refractivity contribution in [2.75, 3.05) is 5.32 Å². The Bertz CT molecular complexity index is 965. The molecular formula is C20H20N4O3. The van der Waals surface area contributed by atoms with E-state index in [0.717, 1.165) is 36.5 Å². The topological polar surface area (TPSA) is 90.2 Å². The number of nitro groups is 1. The zero-order chi connectivity index (χ0) is 18.6. The van der Waals surface area contributed by atoms with Crippen LogP contribution in [-0.4, -0.2) is 20.9 Å². The number of nitrogens with one attached hydrogen (secondary N) is 1. The number of hydrogen-bond acceptors (Lipinski definition) is 6. The summed E-state index contributed by atoms with van der Waals surface area (Å²) in [7, 11) is 0. The smallest absolute Gasteiger partial charge is 0.373 e. The van der Waals surface area contributed by atoms with Gasteiger partial charge in [-0.3, -0.25) is 10.1 Å². The largest absolute Gasteiger partial charge is 0.433 e. The molecule has 7 nitrogen and oxygen atoms in total. The Morgan fingerprint density at radius 1 is 1.04 bits per heavy atom. The number of benzene rings is 2. The molecule has 1 aliphatic rings. The molecule has 1 N–H and O–H groups in total. The van der Waals surface area contributed by atoms with Crippen molar-refractivity contribution in [3.63, 3.8) is 0 Å². The lowest BCUT2D eigenvalue weighted by atomic mass is 9.95. The van der Waals surface area contributed by atoms with Crippen LogP contribution in [0.5, 0.6) is 11.6 Å². The maximum absolute atomic E-state index is 11.7. The molecule has 0 spiro atoms. The first kappa shape index (κ1) is 17.2. The van der Waals surface area contributed by atoms with Crippen LogP contribution in [0, 0.1) is 10.1 Å². The lowest BCUT2D eigenvalue weighted by Gasteiger charge is -2.23. The first-order valence-electron chi connectivity index (χ1n) is 9.14. The molecule has 3 aromatic rings. The average Bonchev–Trinajstić information content (AvgIpc) is 2.69. The average molecular weight is 364 g/mol. The summed E-state index contributed by atoms with van der Waals surface area (Å²) >= 11 is 0. The highest BCUT2D eigenvalue weighted by Gasteiger charge is 2.27. The van der Waals surface area contributed by atoms with E-state index in [1.165, 1.54) is 12.7 Å². The van der Waals surface area contributed by atoms with Crippen molar-refractivity contribution < 1.29 is 9.66 Å². The van der Waals surface area contributed by atoms with Gasteiger partial charge in [0, 0.05) is 11.4 Å². The molecule has 1 fully saturated rings. The molecule has 0 amide bonds. The fourth-order valence-electron chi connectivity index (χ4n) is 3.54. The first-order chi connectivity index (χ1) is 13.2. The molecule has 4 rings (SSSR count). The van der Waals surface area contributed by atoms with E-state index in [2.05, 4.69) is 15.3 Å². The van der Waals surface area contributed by atoms with Crippen LogP contribution in [0.4, 0.5) is 11.5 Å². The highest BCUT2D eigenvalue weighted by Crippen LogP contribution is 2.37. The molecule has 1 aromatic heterocycles. The van der Waals surface area contributed by atoms with Gasteiger partial charge >= 0.3 is 11.6 Å². The van der Waals surface area contributed by atoms with Gasteiger partial charge in [-0.15, -0.1) is 0 Å². The van der Waals surface area contributed by atoms with Gasteiger partial charge in [0.1, 0.15) is 12.1 Å². The van der Waals surface area contributed by atoms with E-state index < -0.39 is 4.92 Å². The predicted octanol–water partition coefficient (Wildman–Crippen LogP) is 5.07. The van der Waals surface area contributed by atoms with Crippen LogP contribution < -0.4 is 10.1 Å². The van der Waals surface area contributed by atoms with Crippen molar-refractivity contribution >= 4 is 22.3 Å². The second-order valence-electron chi connectivity index (χ2n) is 6.69. The molecule has 0 radical (unpaired) electrons. The van der Waals surface area contributed by atoms with Crippen LogP contribution in [0.25, 0.3) is 10.8 Å². The normalized spacial score (nSPS) is 14.8. The van der Waals surface area contributed by atoms with E-state index in [4.69, 9.17) is 4.74 Å². The number of anilines is 1. The molecule has 0 aliphatic heterocycles. The summed E-state index contributed by atoms with van der Waals surface area (Å²) in [6.07, 6.45) is 6.73. The lowest BCUT2D eigenvalue weighted by Crippen LogP contribution is -2.23. The number of rotatable bonds is 5. The molecular weight excluding hydrogens is 344 g/mol. The van der Waals surface area contributed by atoms with Crippen LogP contribution in [0.2, 0.25) is 0 Å². The van der Waals surface area contributed by atoms with Gasteiger partial charge in [0.15, 0.2) is 0 Å². The Morgan fingerprint density at radius 2 is 1.81 bits per heavy atom. The van der Waals surface area contributed by atoms with Gasteiger partial charge in [-0.2, -0.15) is 4.98 Å². The van der Waals surface area contributed by atoms with E-state index in [9.17, 15) is 10.1 Å². The third kappa shape index (κ3) is 3.67. The Kier molecular flexibility index (Phi) is 4.82. The van der Waals surface area contributed by atoms with E-state index in [1.807, 2.05) is 36.4 Å².